The number of nitrogens with one attached hydrogen (secondary N) is 2. The maximum Gasteiger partial charge on any atom is 0.325 e. The molecule has 2 aliphatic heterocycles. The number of hydrogen-bond acceptors (Lipinski definition) is 6. The maximum absolute atomic E-state index is 13.0. The summed E-state index contributed by atoms with van der Waals surface area (Å²) in [6.45, 7) is 1.98. The van der Waals surface area contributed by atoms with Gasteiger partial charge in [0.05, 0.1) is 11.6 Å². The van der Waals surface area contributed by atoms with E-state index in [9.17, 15) is 14.4 Å². The number of anilines is 1. The van der Waals surface area contributed by atoms with Crippen molar-refractivity contribution < 1.29 is 23.9 Å². The van der Waals surface area contributed by atoms with Gasteiger partial charge in [-0.05, 0) is 48.9 Å². The molecule has 2 aromatic carbocycles. The van der Waals surface area contributed by atoms with Crippen molar-refractivity contribution in [3.63, 3.8) is 0 Å². The van der Waals surface area contributed by atoms with Gasteiger partial charge in [0.1, 0.15) is 25.3 Å². The number of carbonyl (C=O) groups is 3. The number of hydrogen-bond donors (Lipinski definition) is 2. The topological polar surface area (TPSA) is 121 Å². The van der Waals surface area contributed by atoms with Crippen LogP contribution in [0.1, 0.15) is 18.1 Å². The summed E-state index contributed by atoms with van der Waals surface area (Å²) in [6, 6.07) is 12.6. The highest BCUT2D eigenvalue weighted by Crippen LogP contribution is 2.36. The summed E-state index contributed by atoms with van der Waals surface area (Å²) in [6.07, 6.45) is 0. The summed E-state index contributed by atoms with van der Waals surface area (Å²) >= 11 is 0. The average molecular weight is 406 g/mol. The Hall–Kier alpha value is -4.06. The number of ether oxygens (including phenoxy) is 2. The molecule has 0 spiro atoms. The van der Waals surface area contributed by atoms with E-state index in [0.717, 1.165) is 4.90 Å². The summed E-state index contributed by atoms with van der Waals surface area (Å²) in [5.41, 5.74) is 0.111. The number of imide groups is 1. The van der Waals surface area contributed by atoms with E-state index < -0.39 is 29.9 Å². The van der Waals surface area contributed by atoms with Crippen LogP contribution in [0.3, 0.4) is 0 Å². The molecular weight excluding hydrogens is 388 g/mol. The fraction of sp³-hybridized carbons (Fsp3) is 0.238. The lowest BCUT2D eigenvalue weighted by atomic mass is 9.91. The van der Waals surface area contributed by atoms with E-state index in [1.807, 2.05) is 6.07 Å². The molecule has 0 radical (unpaired) electrons. The SMILES string of the molecule is C[C@]1(c2ccc3c(c2)OCCO3)NC(=O)N(CC(=O)Nc2ccc(C#N)cc2)C1=O. The molecule has 9 heteroatoms. The minimum atomic E-state index is -1.33. The molecule has 4 rings (SSSR count). The van der Waals surface area contributed by atoms with E-state index in [0.29, 0.717) is 41.5 Å². The number of rotatable bonds is 4. The van der Waals surface area contributed by atoms with Crippen LogP contribution < -0.4 is 20.1 Å². The average Bonchev–Trinajstić information content (AvgIpc) is 2.98. The molecule has 2 N–H and O–H groups in total. The third kappa shape index (κ3) is 3.39. The van der Waals surface area contributed by atoms with Crippen LogP contribution >= 0.6 is 0 Å². The molecule has 0 bridgehead atoms. The first kappa shape index (κ1) is 19.3. The maximum atomic E-state index is 13.0. The van der Waals surface area contributed by atoms with Gasteiger partial charge in [-0.1, -0.05) is 6.07 Å². The van der Waals surface area contributed by atoms with Gasteiger partial charge in [0.25, 0.3) is 5.91 Å². The Morgan fingerprint density at radius 1 is 1.17 bits per heavy atom. The van der Waals surface area contributed by atoms with Gasteiger partial charge < -0.3 is 20.1 Å². The second-order valence-corrected chi connectivity index (χ2v) is 7.04. The van der Waals surface area contributed by atoms with Crippen LogP contribution in [0.5, 0.6) is 11.5 Å². The zero-order chi connectivity index (χ0) is 21.3. The molecule has 1 saturated heterocycles. The highest BCUT2D eigenvalue weighted by atomic mass is 16.6. The smallest absolute Gasteiger partial charge is 0.325 e. The van der Waals surface area contributed by atoms with Crippen LogP contribution in [0, 0.1) is 11.3 Å². The van der Waals surface area contributed by atoms with Crippen LogP contribution in [0.4, 0.5) is 10.5 Å². The van der Waals surface area contributed by atoms with Gasteiger partial charge >= 0.3 is 6.03 Å². The summed E-state index contributed by atoms with van der Waals surface area (Å²) < 4.78 is 11.0. The number of benzene rings is 2. The number of urea groups is 1. The molecule has 2 aromatic rings. The van der Waals surface area contributed by atoms with Gasteiger partial charge in [0.15, 0.2) is 11.5 Å². The Morgan fingerprint density at radius 2 is 1.87 bits per heavy atom. The lowest BCUT2D eigenvalue weighted by Gasteiger charge is -2.25. The van der Waals surface area contributed by atoms with Gasteiger partial charge in [-0.2, -0.15) is 5.26 Å². The first-order valence-corrected chi connectivity index (χ1v) is 9.25. The second-order valence-electron chi connectivity index (χ2n) is 7.04. The molecule has 0 aromatic heterocycles. The lowest BCUT2D eigenvalue weighted by molar-refractivity contribution is -0.133. The number of nitriles is 1. The van der Waals surface area contributed by atoms with Gasteiger partial charge in [-0.15, -0.1) is 0 Å². The Balaban J connectivity index is 1.49. The van der Waals surface area contributed by atoms with Crippen molar-refractivity contribution in [2.75, 3.05) is 25.1 Å². The molecule has 1 fully saturated rings. The molecule has 1 atom stereocenters. The predicted molar refractivity (Wildman–Crippen MR) is 105 cm³/mol. The van der Waals surface area contributed by atoms with Crippen molar-refractivity contribution in [2.45, 2.75) is 12.5 Å². The molecule has 9 nitrogen and oxygen atoms in total. The van der Waals surface area contributed by atoms with Crippen LogP contribution in [0.25, 0.3) is 0 Å². The number of fused-ring (bicyclic) bond motifs is 1. The zero-order valence-electron chi connectivity index (χ0n) is 16.1. The van der Waals surface area contributed by atoms with Crippen LogP contribution in [0.2, 0.25) is 0 Å². The largest absolute Gasteiger partial charge is 0.486 e. The zero-order valence-corrected chi connectivity index (χ0v) is 16.1. The third-order valence-electron chi connectivity index (χ3n) is 4.99. The van der Waals surface area contributed by atoms with Crippen LogP contribution in [-0.2, 0) is 15.1 Å². The second kappa shape index (κ2) is 7.40. The first-order chi connectivity index (χ1) is 14.4. The van der Waals surface area contributed by atoms with E-state index in [1.165, 1.54) is 0 Å². The summed E-state index contributed by atoms with van der Waals surface area (Å²) in [7, 11) is 0. The number of amides is 4. The fourth-order valence-corrected chi connectivity index (χ4v) is 3.36. The summed E-state index contributed by atoms with van der Waals surface area (Å²) in [5.74, 6) is -0.00292. The van der Waals surface area contributed by atoms with Crippen molar-refractivity contribution in [2.24, 2.45) is 0 Å². The molecule has 0 saturated carbocycles. The Bertz CT molecular complexity index is 1080. The Morgan fingerprint density at radius 3 is 2.57 bits per heavy atom. The van der Waals surface area contributed by atoms with Crippen molar-refractivity contribution >= 4 is 23.5 Å². The van der Waals surface area contributed by atoms with Gasteiger partial charge in [0, 0.05) is 5.69 Å². The molecule has 2 heterocycles. The van der Waals surface area contributed by atoms with E-state index >= 15 is 0 Å². The molecule has 0 aliphatic carbocycles. The summed E-state index contributed by atoms with van der Waals surface area (Å²) in [5, 5.41) is 14.1. The molecule has 0 unspecified atom stereocenters. The van der Waals surface area contributed by atoms with E-state index in [-0.39, 0.29) is 0 Å². The van der Waals surface area contributed by atoms with Gasteiger partial charge in [0.2, 0.25) is 5.91 Å². The Labute approximate surface area is 172 Å². The van der Waals surface area contributed by atoms with Crippen LogP contribution in [0.15, 0.2) is 42.5 Å². The van der Waals surface area contributed by atoms with Gasteiger partial charge in [-0.3, -0.25) is 14.5 Å². The monoisotopic (exact) mass is 406 g/mol. The molecule has 2 aliphatic rings. The highest BCUT2D eigenvalue weighted by molar-refractivity contribution is 6.10. The Kier molecular flexibility index (Phi) is 4.75. The van der Waals surface area contributed by atoms with Crippen molar-refractivity contribution in [1.29, 1.82) is 5.26 Å². The normalized spacial score (nSPS) is 19.8. The van der Waals surface area contributed by atoms with Crippen molar-refractivity contribution in [3.05, 3.63) is 53.6 Å². The third-order valence-corrected chi connectivity index (χ3v) is 4.99. The van der Waals surface area contributed by atoms with Crippen LogP contribution in [-0.4, -0.2) is 42.5 Å². The summed E-state index contributed by atoms with van der Waals surface area (Å²) in [4.78, 5) is 38.7. The highest BCUT2D eigenvalue weighted by Gasteiger charge is 2.49. The van der Waals surface area contributed by atoms with E-state index in [2.05, 4.69) is 10.6 Å². The van der Waals surface area contributed by atoms with Crippen molar-refractivity contribution in [3.8, 4) is 17.6 Å². The van der Waals surface area contributed by atoms with E-state index in [4.69, 9.17) is 14.7 Å². The number of nitrogens with zero attached hydrogens (tertiary/aromatic N) is 2. The van der Waals surface area contributed by atoms with Gasteiger partial charge in [-0.25, -0.2) is 4.79 Å². The molecule has 152 valence electrons. The molecular formula is C21H18N4O5. The minimum absolute atomic E-state index is 0.398. The number of carbonyl (C=O) groups excluding carboxylic acids is 3. The molecule has 30 heavy (non-hydrogen) atoms. The quantitative estimate of drug-likeness (QED) is 0.746. The fourth-order valence-electron chi connectivity index (χ4n) is 3.36. The molecule has 4 amide bonds. The standard InChI is InChI=1S/C21H18N4O5/c1-21(14-4-7-16-17(10-14)30-9-8-29-16)19(27)25(20(28)24-21)12-18(26)23-15-5-2-13(11-22)3-6-15/h2-7,10H,8-9,12H2,1H3,(H,23,26)(H,24,28)/t21-/m1/s1. The first-order valence-electron chi connectivity index (χ1n) is 9.25. The predicted octanol–water partition coefficient (Wildman–Crippen LogP) is 1.74. The minimum Gasteiger partial charge on any atom is -0.486 e. The van der Waals surface area contributed by atoms with Crippen molar-refractivity contribution in [1.82, 2.24) is 10.2 Å². The lowest BCUT2D eigenvalue weighted by Crippen LogP contribution is -2.42. The van der Waals surface area contributed by atoms with E-state index in [1.54, 1.807) is 49.4 Å².